The first-order chi connectivity index (χ1) is 8.63. The van der Waals surface area contributed by atoms with Crippen LogP contribution in [0.4, 0.5) is 0 Å². The van der Waals surface area contributed by atoms with E-state index in [1.807, 2.05) is 0 Å². The second-order valence-corrected chi connectivity index (χ2v) is 5.33. The van der Waals surface area contributed by atoms with Crippen molar-refractivity contribution in [3.8, 4) is 0 Å². The number of amides is 1. The number of carboxylic acid groups (broad SMARTS) is 1. The van der Waals surface area contributed by atoms with E-state index in [2.05, 4.69) is 12.2 Å². The van der Waals surface area contributed by atoms with Crippen LogP contribution in [0.3, 0.4) is 0 Å². The highest BCUT2D eigenvalue weighted by molar-refractivity contribution is 5.87. The summed E-state index contributed by atoms with van der Waals surface area (Å²) in [5.74, 6) is -0.298. The molecule has 2 saturated heterocycles. The van der Waals surface area contributed by atoms with Crippen molar-refractivity contribution >= 4 is 11.9 Å². The predicted molar refractivity (Wildman–Crippen MR) is 67.2 cm³/mol. The predicted octanol–water partition coefficient (Wildman–Crippen LogP) is 0.840. The highest BCUT2D eigenvalue weighted by Gasteiger charge is 2.38. The second kappa shape index (κ2) is 5.69. The molecule has 5 nitrogen and oxygen atoms in total. The van der Waals surface area contributed by atoms with Crippen molar-refractivity contribution in [1.29, 1.82) is 0 Å². The van der Waals surface area contributed by atoms with Crippen molar-refractivity contribution in [2.24, 2.45) is 5.92 Å². The number of nitrogens with one attached hydrogen (secondary N) is 1. The van der Waals surface area contributed by atoms with E-state index in [1.165, 1.54) is 0 Å². The monoisotopic (exact) mass is 254 g/mol. The lowest BCUT2D eigenvalue weighted by Crippen LogP contribution is -2.52. The third-order valence-corrected chi connectivity index (χ3v) is 4.21. The van der Waals surface area contributed by atoms with Crippen LogP contribution >= 0.6 is 0 Å². The van der Waals surface area contributed by atoms with E-state index in [0.29, 0.717) is 18.9 Å². The SMILES string of the molecule is CCC1CCNC(C(=O)N2CCCC2C(=O)O)C1. The molecule has 0 bridgehead atoms. The molecule has 2 N–H and O–H groups in total. The smallest absolute Gasteiger partial charge is 0.326 e. The van der Waals surface area contributed by atoms with Gasteiger partial charge in [0.1, 0.15) is 6.04 Å². The van der Waals surface area contributed by atoms with E-state index < -0.39 is 12.0 Å². The summed E-state index contributed by atoms with van der Waals surface area (Å²) in [5, 5.41) is 12.4. The van der Waals surface area contributed by atoms with Gasteiger partial charge in [-0.05, 0) is 38.1 Å². The minimum absolute atomic E-state index is 0.0157. The highest BCUT2D eigenvalue weighted by atomic mass is 16.4. The maximum absolute atomic E-state index is 12.4. The largest absolute Gasteiger partial charge is 0.480 e. The summed E-state index contributed by atoms with van der Waals surface area (Å²) in [6.45, 7) is 3.60. The number of carbonyl (C=O) groups is 2. The van der Waals surface area contributed by atoms with Crippen LogP contribution < -0.4 is 5.32 Å². The zero-order valence-corrected chi connectivity index (χ0v) is 10.9. The zero-order chi connectivity index (χ0) is 13.1. The van der Waals surface area contributed by atoms with Gasteiger partial charge in [-0.15, -0.1) is 0 Å². The van der Waals surface area contributed by atoms with Crippen LogP contribution in [0.25, 0.3) is 0 Å². The Morgan fingerprint density at radius 1 is 1.39 bits per heavy atom. The van der Waals surface area contributed by atoms with E-state index in [-0.39, 0.29) is 11.9 Å². The molecule has 0 aromatic heterocycles. The molecular formula is C13H22N2O3. The summed E-state index contributed by atoms with van der Waals surface area (Å²) in [7, 11) is 0. The van der Waals surface area contributed by atoms with Gasteiger partial charge in [0.2, 0.25) is 5.91 Å². The fraction of sp³-hybridized carbons (Fsp3) is 0.846. The Bertz CT molecular complexity index is 332. The van der Waals surface area contributed by atoms with Crippen molar-refractivity contribution in [1.82, 2.24) is 10.2 Å². The second-order valence-electron chi connectivity index (χ2n) is 5.33. The summed E-state index contributed by atoms with van der Waals surface area (Å²) in [6, 6.07) is -0.787. The number of carbonyl (C=O) groups excluding carboxylic acids is 1. The molecule has 1 amide bonds. The van der Waals surface area contributed by atoms with Crippen molar-refractivity contribution in [2.75, 3.05) is 13.1 Å². The number of likely N-dealkylation sites (tertiary alicyclic amines) is 1. The van der Waals surface area contributed by atoms with Gasteiger partial charge in [-0.25, -0.2) is 4.79 Å². The summed E-state index contributed by atoms with van der Waals surface area (Å²) < 4.78 is 0. The molecule has 0 radical (unpaired) electrons. The Hall–Kier alpha value is -1.10. The molecule has 3 unspecified atom stereocenters. The molecule has 2 rings (SSSR count). The van der Waals surface area contributed by atoms with E-state index in [9.17, 15) is 9.59 Å². The molecule has 0 aliphatic carbocycles. The maximum Gasteiger partial charge on any atom is 0.326 e. The molecule has 3 atom stereocenters. The Morgan fingerprint density at radius 3 is 2.83 bits per heavy atom. The number of aliphatic carboxylic acids is 1. The third kappa shape index (κ3) is 2.66. The fourth-order valence-corrected chi connectivity index (χ4v) is 3.04. The summed E-state index contributed by atoms with van der Waals surface area (Å²) in [6.07, 6.45) is 4.44. The molecule has 2 fully saturated rings. The molecular weight excluding hydrogens is 232 g/mol. The van der Waals surface area contributed by atoms with Crippen LogP contribution in [0.1, 0.15) is 39.0 Å². The van der Waals surface area contributed by atoms with Crippen LogP contribution in [0.2, 0.25) is 0 Å². The normalized spacial score (nSPS) is 32.5. The maximum atomic E-state index is 12.4. The molecule has 0 spiro atoms. The van der Waals surface area contributed by atoms with Crippen molar-refractivity contribution in [3.63, 3.8) is 0 Å². The van der Waals surface area contributed by atoms with Gasteiger partial charge in [-0.3, -0.25) is 4.79 Å². The molecule has 0 aromatic rings. The average Bonchev–Trinajstić information content (AvgIpc) is 2.87. The third-order valence-electron chi connectivity index (χ3n) is 4.21. The lowest BCUT2D eigenvalue weighted by molar-refractivity contribution is -0.149. The fourth-order valence-electron chi connectivity index (χ4n) is 3.04. The van der Waals surface area contributed by atoms with Gasteiger partial charge in [0.25, 0.3) is 0 Å². The number of hydrogen-bond donors (Lipinski definition) is 2. The number of carboxylic acids is 1. The molecule has 2 heterocycles. The van der Waals surface area contributed by atoms with Crippen molar-refractivity contribution < 1.29 is 14.7 Å². The summed E-state index contributed by atoms with van der Waals surface area (Å²) in [5.41, 5.74) is 0. The lowest BCUT2D eigenvalue weighted by Gasteiger charge is -2.33. The number of piperidine rings is 1. The Kier molecular flexibility index (Phi) is 4.22. The van der Waals surface area contributed by atoms with Crippen LogP contribution in [-0.4, -0.2) is 47.1 Å². The van der Waals surface area contributed by atoms with Crippen LogP contribution in [0, 0.1) is 5.92 Å². The van der Waals surface area contributed by atoms with Gasteiger partial charge in [-0.1, -0.05) is 13.3 Å². The van der Waals surface area contributed by atoms with Gasteiger partial charge in [0.05, 0.1) is 6.04 Å². The van der Waals surface area contributed by atoms with Crippen LogP contribution in [0.15, 0.2) is 0 Å². The molecule has 102 valence electrons. The van der Waals surface area contributed by atoms with E-state index in [1.54, 1.807) is 4.90 Å². The Morgan fingerprint density at radius 2 is 2.17 bits per heavy atom. The number of hydrogen-bond acceptors (Lipinski definition) is 3. The first-order valence-electron chi connectivity index (χ1n) is 6.90. The van der Waals surface area contributed by atoms with Gasteiger partial charge in [-0.2, -0.15) is 0 Å². The van der Waals surface area contributed by atoms with Crippen molar-refractivity contribution in [2.45, 2.75) is 51.1 Å². The zero-order valence-electron chi connectivity index (χ0n) is 10.9. The molecule has 18 heavy (non-hydrogen) atoms. The average molecular weight is 254 g/mol. The molecule has 0 saturated carbocycles. The van der Waals surface area contributed by atoms with Gasteiger partial charge in [0.15, 0.2) is 0 Å². The minimum Gasteiger partial charge on any atom is -0.480 e. The Balaban J connectivity index is 1.99. The summed E-state index contributed by atoms with van der Waals surface area (Å²) in [4.78, 5) is 25.0. The molecule has 0 aromatic carbocycles. The van der Waals surface area contributed by atoms with Gasteiger partial charge < -0.3 is 15.3 Å². The van der Waals surface area contributed by atoms with Gasteiger partial charge in [0, 0.05) is 6.54 Å². The highest BCUT2D eigenvalue weighted by Crippen LogP contribution is 2.24. The van der Waals surface area contributed by atoms with Gasteiger partial charge >= 0.3 is 5.97 Å². The lowest BCUT2D eigenvalue weighted by atomic mass is 9.90. The van der Waals surface area contributed by atoms with Crippen molar-refractivity contribution in [3.05, 3.63) is 0 Å². The van der Waals surface area contributed by atoms with E-state index >= 15 is 0 Å². The summed E-state index contributed by atoms with van der Waals surface area (Å²) >= 11 is 0. The minimum atomic E-state index is -0.872. The molecule has 5 heteroatoms. The number of nitrogens with zero attached hydrogens (tertiary/aromatic N) is 1. The quantitative estimate of drug-likeness (QED) is 0.783. The van der Waals surface area contributed by atoms with Crippen LogP contribution in [-0.2, 0) is 9.59 Å². The molecule has 2 aliphatic heterocycles. The van der Waals surface area contributed by atoms with Crippen LogP contribution in [0.5, 0.6) is 0 Å². The molecule has 2 aliphatic rings. The van der Waals surface area contributed by atoms with E-state index in [4.69, 9.17) is 5.11 Å². The first-order valence-corrected chi connectivity index (χ1v) is 6.90. The topological polar surface area (TPSA) is 69.6 Å². The standard InChI is InChI=1S/C13H22N2O3/c1-2-9-5-6-14-10(8-9)12(16)15-7-3-4-11(15)13(17)18/h9-11,14H,2-8H2,1H3,(H,17,18). The Labute approximate surface area is 108 Å². The first kappa shape index (κ1) is 13.3. The number of rotatable bonds is 3. The van der Waals surface area contributed by atoms with E-state index in [0.717, 1.165) is 32.2 Å².